The lowest BCUT2D eigenvalue weighted by atomic mass is 10.0. The standard InChI is InChI=1S/C19H26N2O4/c1-18(2,3)25-16(22)20-15-11-21(13-19(15)9-10-19)17(23)24-12-14-7-5-4-6-8-14/h4-8,15H,9-13H2,1-3H3,(H,20,22). The number of nitrogens with one attached hydrogen (secondary N) is 1. The maximum Gasteiger partial charge on any atom is 0.410 e. The van der Waals surface area contributed by atoms with Gasteiger partial charge in [0, 0.05) is 18.5 Å². The third kappa shape index (κ3) is 4.44. The largest absolute Gasteiger partial charge is 0.445 e. The molecule has 3 rings (SSSR count). The lowest BCUT2D eigenvalue weighted by Gasteiger charge is -2.23. The molecule has 1 atom stereocenters. The Bertz CT molecular complexity index is 635. The lowest BCUT2D eigenvalue weighted by Crippen LogP contribution is -2.44. The first-order valence-corrected chi connectivity index (χ1v) is 8.73. The van der Waals surface area contributed by atoms with Crippen molar-refractivity contribution in [1.29, 1.82) is 0 Å². The second-order valence-corrected chi connectivity index (χ2v) is 7.98. The zero-order valence-corrected chi connectivity index (χ0v) is 15.1. The molecule has 1 aromatic carbocycles. The van der Waals surface area contributed by atoms with Crippen molar-refractivity contribution >= 4 is 12.2 Å². The minimum absolute atomic E-state index is 0.0112. The highest BCUT2D eigenvalue weighted by Crippen LogP contribution is 2.52. The van der Waals surface area contributed by atoms with E-state index in [0.29, 0.717) is 13.1 Å². The Morgan fingerprint density at radius 3 is 2.52 bits per heavy atom. The highest BCUT2D eigenvalue weighted by atomic mass is 16.6. The summed E-state index contributed by atoms with van der Waals surface area (Å²) in [5.41, 5.74) is 0.413. The fraction of sp³-hybridized carbons (Fsp3) is 0.579. The number of amides is 2. The van der Waals surface area contributed by atoms with E-state index >= 15 is 0 Å². The monoisotopic (exact) mass is 346 g/mol. The van der Waals surface area contributed by atoms with Gasteiger partial charge in [0.05, 0.1) is 6.04 Å². The van der Waals surface area contributed by atoms with E-state index in [9.17, 15) is 9.59 Å². The molecule has 25 heavy (non-hydrogen) atoms. The van der Waals surface area contributed by atoms with Gasteiger partial charge in [0.15, 0.2) is 0 Å². The van der Waals surface area contributed by atoms with Crippen LogP contribution < -0.4 is 5.32 Å². The van der Waals surface area contributed by atoms with Crippen LogP contribution in [-0.4, -0.2) is 41.8 Å². The predicted molar refractivity (Wildman–Crippen MR) is 93.0 cm³/mol. The molecule has 1 aliphatic carbocycles. The van der Waals surface area contributed by atoms with Crippen LogP contribution in [0.3, 0.4) is 0 Å². The van der Waals surface area contributed by atoms with Crippen LogP contribution in [0.25, 0.3) is 0 Å². The fourth-order valence-electron chi connectivity index (χ4n) is 3.23. The average molecular weight is 346 g/mol. The Labute approximate surface area is 148 Å². The molecular weight excluding hydrogens is 320 g/mol. The van der Waals surface area contributed by atoms with Gasteiger partial charge < -0.3 is 19.7 Å². The molecular formula is C19H26N2O4. The van der Waals surface area contributed by atoms with Gasteiger partial charge in [-0.2, -0.15) is 0 Å². The van der Waals surface area contributed by atoms with Crippen LogP contribution in [0.5, 0.6) is 0 Å². The summed E-state index contributed by atoms with van der Waals surface area (Å²) in [6, 6.07) is 9.53. The molecule has 1 saturated carbocycles. The number of carbonyl (C=O) groups excluding carboxylic acids is 2. The minimum atomic E-state index is -0.534. The van der Waals surface area contributed by atoms with Gasteiger partial charge in [0.2, 0.25) is 0 Å². The van der Waals surface area contributed by atoms with Crippen molar-refractivity contribution in [3.8, 4) is 0 Å². The Kier molecular flexibility index (Phi) is 4.62. The third-order valence-corrected chi connectivity index (χ3v) is 4.69. The first kappa shape index (κ1) is 17.6. The molecule has 1 saturated heterocycles. The van der Waals surface area contributed by atoms with Crippen molar-refractivity contribution in [2.24, 2.45) is 5.41 Å². The lowest BCUT2D eigenvalue weighted by molar-refractivity contribution is 0.0490. The fourth-order valence-corrected chi connectivity index (χ4v) is 3.23. The van der Waals surface area contributed by atoms with Gasteiger partial charge in [-0.15, -0.1) is 0 Å². The smallest absolute Gasteiger partial charge is 0.410 e. The van der Waals surface area contributed by atoms with Gasteiger partial charge in [-0.05, 0) is 39.2 Å². The zero-order valence-electron chi connectivity index (χ0n) is 15.1. The summed E-state index contributed by atoms with van der Waals surface area (Å²) in [6.45, 7) is 6.85. The van der Waals surface area contributed by atoms with Crippen molar-refractivity contribution in [1.82, 2.24) is 10.2 Å². The minimum Gasteiger partial charge on any atom is -0.445 e. The van der Waals surface area contributed by atoms with Gasteiger partial charge in [-0.1, -0.05) is 30.3 Å². The highest BCUT2D eigenvalue weighted by Gasteiger charge is 2.57. The Balaban J connectivity index is 1.53. The number of rotatable bonds is 3. The van der Waals surface area contributed by atoms with Gasteiger partial charge in [-0.3, -0.25) is 0 Å². The number of carbonyl (C=O) groups is 2. The maximum absolute atomic E-state index is 12.4. The van der Waals surface area contributed by atoms with E-state index in [1.54, 1.807) is 4.90 Å². The van der Waals surface area contributed by atoms with Crippen molar-refractivity contribution < 1.29 is 19.1 Å². The number of likely N-dealkylation sites (tertiary alicyclic amines) is 1. The molecule has 136 valence electrons. The molecule has 2 amide bonds. The molecule has 2 fully saturated rings. The first-order chi connectivity index (χ1) is 11.8. The molecule has 1 aromatic rings. The normalized spacial score (nSPS) is 21.1. The molecule has 1 aliphatic heterocycles. The van der Waals surface area contributed by atoms with E-state index in [1.165, 1.54) is 0 Å². The summed E-state index contributed by atoms with van der Waals surface area (Å²) in [5.74, 6) is 0. The topological polar surface area (TPSA) is 67.9 Å². The SMILES string of the molecule is CC(C)(C)OC(=O)NC1CN(C(=O)OCc2ccccc2)CC12CC2. The summed E-state index contributed by atoms with van der Waals surface area (Å²) < 4.78 is 10.7. The number of benzene rings is 1. The Hall–Kier alpha value is -2.24. The molecule has 1 heterocycles. The Morgan fingerprint density at radius 1 is 1.24 bits per heavy atom. The quantitative estimate of drug-likeness (QED) is 0.912. The summed E-state index contributed by atoms with van der Waals surface area (Å²) >= 11 is 0. The molecule has 0 aromatic heterocycles. The number of hydrogen-bond acceptors (Lipinski definition) is 4. The van der Waals surface area contributed by atoms with E-state index in [1.807, 2.05) is 51.1 Å². The zero-order chi connectivity index (χ0) is 18.1. The number of nitrogens with zero attached hydrogens (tertiary/aromatic N) is 1. The van der Waals surface area contributed by atoms with Gasteiger partial charge in [0.25, 0.3) is 0 Å². The van der Waals surface area contributed by atoms with Crippen LogP contribution in [-0.2, 0) is 16.1 Å². The maximum atomic E-state index is 12.4. The third-order valence-electron chi connectivity index (χ3n) is 4.69. The molecule has 0 radical (unpaired) electrons. The van der Waals surface area contributed by atoms with Crippen LogP contribution in [0.1, 0.15) is 39.2 Å². The summed E-state index contributed by atoms with van der Waals surface area (Å²) in [4.78, 5) is 26.1. The van der Waals surface area contributed by atoms with E-state index in [0.717, 1.165) is 18.4 Å². The number of ether oxygens (including phenoxy) is 2. The van der Waals surface area contributed by atoms with Crippen molar-refractivity contribution in [2.45, 2.75) is 51.9 Å². The van der Waals surface area contributed by atoms with E-state index in [2.05, 4.69) is 5.32 Å². The van der Waals surface area contributed by atoms with Crippen LogP contribution >= 0.6 is 0 Å². The molecule has 1 spiro atoms. The van der Waals surface area contributed by atoms with Crippen LogP contribution in [0, 0.1) is 5.41 Å². The van der Waals surface area contributed by atoms with Crippen molar-refractivity contribution in [2.75, 3.05) is 13.1 Å². The first-order valence-electron chi connectivity index (χ1n) is 8.73. The van der Waals surface area contributed by atoms with Gasteiger partial charge in [-0.25, -0.2) is 9.59 Å². The predicted octanol–water partition coefficient (Wildman–Crippen LogP) is 3.31. The van der Waals surface area contributed by atoms with Gasteiger partial charge in [0.1, 0.15) is 12.2 Å². The molecule has 6 nitrogen and oxygen atoms in total. The summed E-state index contributed by atoms with van der Waals surface area (Å²) in [6.07, 6.45) is 1.26. The van der Waals surface area contributed by atoms with Crippen LogP contribution in [0.15, 0.2) is 30.3 Å². The Morgan fingerprint density at radius 2 is 1.92 bits per heavy atom. The molecule has 6 heteroatoms. The molecule has 0 bridgehead atoms. The van der Waals surface area contributed by atoms with Crippen LogP contribution in [0.2, 0.25) is 0 Å². The molecule has 1 N–H and O–H groups in total. The second kappa shape index (κ2) is 6.58. The van der Waals surface area contributed by atoms with Crippen molar-refractivity contribution in [3.05, 3.63) is 35.9 Å². The highest BCUT2D eigenvalue weighted by molar-refractivity contribution is 5.71. The summed E-state index contributed by atoms with van der Waals surface area (Å²) in [5, 5.41) is 2.94. The number of hydrogen-bond donors (Lipinski definition) is 1. The van der Waals surface area contributed by atoms with Crippen LogP contribution in [0.4, 0.5) is 9.59 Å². The number of alkyl carbamates (subject to hydrolysis) is 1. The molecule has 2 aliphatic rings. The van der Waals surface area contributed by atoms with E-state index in [4.69, 9.17) is 9.47 Å². The van der Waals surface area contributed by atoms with Crippen molar-refractivity contribution in [3.63, 3.8) is 0 Å². The molecule has 1 unspecified atom stereocenters. The van der Waals surface area contributed by atoms with Gasteiger partial charge >= 0.3 is 12.2 Å². The van der Waals surface area contributed by atoms with E-state index < -0.39 is 11.7 Å². The van der Waals surface area contributed by atoms with E-state index in [-0.39, 0.29) is 24.2 Å². The summed E-state index contributed by atoms with van der Waals surface area (Å²) in [7, 11) is 0. The second-order valence-electron chi connectivity index (χ2n) is 7.98. The average Bonchev–Trinajstić information content (AvgIpc) is 3.22.